The van der Waals surface area contributed by atoms with Crippen LogP contribution in [0.3, 0.4) is 0 Å². The van der Waals surface area contributed by atoms with Crippen molar-refractivity contribution in [3.8, 4) is 0 Å². The summed E-state index contributed by atoms with van der Waals surface area (Å²) >= 11 is 0. The zero-order valence-electron chi connectivity index (χ0n) is 19.8. The first-order chi connectivity index (χ1) is 14.2. The molecule has 2 aliphatic heterocycles. The fourth-order valence-electron chi connectivity index (χ4n) is 4.84. The molecule has 0 aliphatic carbocycles. The standard InChI is InChI=1S/C23H41FN6/c1-17(2)13-28-9-7-21(8-10-28)27(6)15-20-11-25-23(26-12-20)30-19(5)14-29(18(3)4)16-22(30)24/h11-12,17-19,21-22H,7-10,13-16H2,1-6H3. The van der Waals surface area contributed by atoms with Gasteiger partial charge in [0.05, 0.1) is 0 Å². The summed E-state index contributed by atoms with van der Waals surface area (Å²) in [5.74, 6) is 1.24. The summed E-state index contributed by atoms with van der Waals surface area (Å²) in [5.41, 5.74) is 1.09. The maximum Gasteiger partial charge on any atom is 0.227 e. The van der Waals surface area contributed by atoms with Gasteiger partial charge in [-0.15, -0.1) is 0 Å². The molecule has 3 rings (SSSR count). The maximum atomic E-state index is 14.9. The second kappa shape index (κ2) is 10.3. The highest BCUT2D eigenvalue weighted by molar-refractivity contribution is 5.34. The van der Waals surface area contributed by atoms with Gasteiger partial charge in [-0.25, -0.2) is 14.4 Å². The number of aromatic nitrogens is 2. The number of anilines is 1. The Kier molecular flexibility index (Phi) is 8.04. The molecule has 0 N–H and O–H groups in total. The number of alkyl halides is 1. The molecule has 2 saturated heterocycles. The Morgan fingerprint density at radius 1 is 1.10 bits per heavy atom. The molecule has 170 valence electrons. The van der Waals surface area contributed by atoms with Gasteiger partial charge in [0, 0.05) is 62.3 Å². The summed E-state index contributed by atoms with van der Waals surface area (Å²) in [7, 11) is 2.20. The van der Waals surface area contributed by atoms with Gasteiger partial charge >= 0.3 is 0 Å². The van der Waals surface area contributed by atoms with E-state index in [-0.39, 0.29) is 6.04 Å². The van der Waals surface area contributed by atoms with Gasteiger partial charge in [-0.05, 0) is 59.7 Å². The van der Waals surface area contributed by atoms with E-state index in [1.165, 1.54) is 32.5 Å². The first-order valence-electron chi connectivity index (χ1n) is 11.6. The van der Waals surface area contributed by atoms with E-state index in [0.29, 0.717) is 24.6 Å². The number of likely N-dealkylation sites (tertiary alicyclic amines) is 1. The van der Waals surface area contributed by atoms with Crippen molar-refractivity contribution in [2.24, 2.45) is 5.92 Å². The lowest BCUT2D eigenvalue weighted by Gasteiger charge is -2.43. The molecule has 2 unspecified atom stereocenters. The molecule has 3 heterocycles. The first-order valence-corrected chi connectivity index (χ1v) is 11.6. The van der Waals surface area contributed by atoms with Crippen molar-refractivity contribution in [1.82, 2.24) is 24.7 Å². The zero-order chi connectivity index (χ0) is 21.8. The van der Waals surface area contributed by atoms with Crippen LogP contribution in [0.15, 0.2) is 12.4 Å². The Hall–Kier alpha value is -1.31. The molecule has 0 spiro atoms. The predicted molar refractivity (Wildman–Crippen MR) is 121 cm³/mol. The van der Waals surface area contributed by atoms with E-state index in [4.69, 9.17) is 0 Å². The summed E-state index contributed by atoms with van der Waals surface area (Å²) < 4.78 is 14.9. The smallest absolute Gasteiger partial charge is 0.227 e. The van der Waals surface area contributed by atoms with Crippen LogP contribution in [0.1, 0.15) is 53.0 Å². The molecule has 2 fully saturated rings. The van der Waals surface area contributed by atoms with Gasteiger partial charge in [-0.1, -0.05) is 13.8 Å². The van der Waals surface area contributed by atoms with Crippen LogP contribution in [0, 0.1) is 5.92 Å². The lowest BCUT2D eigenvalue weighted by atomic mass is 10.0. The number of rotatable bonds is 7. The van der Waals surface area contributed by atoms with Crippen LogP contribution in [0.2, 0.25) is 0 Å². The van der Waals surface area contributed by atoms with Gasteiger partial charge in [-0.2, -0.15) is 0 Å². The van der Waals surface area contributed by atoms with E-state index >= 15 is 0 Å². The van der Waals surface area contributed by atoms with Gasteiger partial charge in [0.15, 0.2) is 6.30 Å². The van der Waals surface area contributed by atoms with E-state index in [9.17, 15) is 4.39 Å². The molecule has 0 amide bonds. The molecule has 2 aliphatic rings. The number of hydrogen-bond donors (Lipinski definition) is 0. The van der Waals surface area contributed by atoms with Crippen LogP contribution in [0.5, 0.6) is 0 Å². The van der Waals surface area contributed by atoms with Crippen LogP contribution >= 0.6 is 0 Å². The molecule has 1 aromatic rings. The third-order valence-corrected chi connectivity index (χ3v) is 6.55. The minimum absolute atomic E-state index is 0.0562. The predicted octanol–water partition coefficient (Wildman–Crippen LogP) is 3.24. The zero-order valence-corrected chi connectivity index (χ0v) is 19.8. The van der Waals surface area contributed by atoms with Gasteiger partial charge in [0.1, 0.15) is 0 Å². The van der Waals surface area contributed by atoms with Crippen molar-refractivity contribution in [3.63, 3.8) is 0 Å². The molecule has 1 aromatic heterocycles. The fraction of sp³-hybridized carbons (Fsp3) is 0.826. The third kappa shape index (κ3) is 5.89. The van der Waals surface area contributed by atoms with Gasteiger partial charge in [0.25, 0.3) is 0 Å². The average Bonchev–Trinajstić information content (AvgIpc) is 2.68. The molecule has 30 heavy (non-hydrogen) atoms. The molecular formula is C23H41FN6. The van der Waals surface area contributed by atoms with E-state index in [2.05, 4.69) is 66.3 Å². The lowest BCUT2D eigenvalue weighted by Crippen LogP contribution is -2.58. The van der Waals surface area contributed by atoms with Crippen LogP contribution in [-0.2, 0) is 6.54 Å². The Morgan fingerprint density at radius 3 is 2.27 bits per heavy atom. The summed E-state index contributed by atoms with van der Waals surface area (Å²) in [6, 6.07) is 1.01. The van der Waals surface area contributed by atoms with Crippen LogP contribution in [-0.4, -0.2) is 88.9 Å². The largest absolute Gasteiger partial charge is 0.305 e. The SMILES string of the molecule is CC(C)CN1CCC(N(C)Cc2cnc(N3C(C)CN(C(C)C)CC3F)nc2)CC1. The van der Waals surface area contributed by atoms with Crippen LogP contribution < -0.4 is 4.90 Å². The lowest BCUT2D eigenvalue weighted by molar-refractivity contribution is 0.102. The van der Waals surface area contributed by atoms with Gasteiger partial charge < -0.3 is 9.80 Å². The quantitative estimate of drug-likeness (QED) is 0.631. The monoisotopic (exact) mass is 420 g/mol. The molecule has 2 atom stereocenters. The molecule has 0 radical (unpaired) electrons. The highest BCUT2D eigenvalue weighted by atomic mass is 19.1. The van der Waals surface area contributed by atoms with Crippen molar-refractivity contribution < 1.29 is 4.39 Å². The van der Waals surface area contributed by atoms with Crippen LogP contribution in [0.4, 0.5) is 10.3 Å². The molecule has 0 saturated carbocycles. The Balaban J connectivity index is 1.53. The molecule has 0 bridgehead atoms. The van der Waals surface area contributed by atoms with Gasteiger partial charge in [0.2, 0.25) is 5.95 Å². The average molecular weight is 421 g/mol. The molecular weight excluding hydrogens is 379 g/mol. The minimum atomic E-state index is -1.07. The minimum Gasteiger partial charge on any atom is -0.305 e. The normalized spacial score (nSPS) is 25.1. The topological polar surface area (TPSA) is 38.7 Å². The van der Waals surface area contributed by atoms with Crippen molar-refractivity contribution in [2.75, 3.05) is 44.7 Å². The number of piperidine rings is 1. The Labute approximate surface area is 182 Å². The van der Waals surface area contributed by atoms with Crippen molar-refractivity contribution in [2.45, 2.75) is 78.4 Å². The first kappa shape index (κ1) is 23.4. The second-order valence-corrected chi connectivity index (χ2v) is 9.97. The van der Waals surface area contributed by atoms with E-state index in [1.54, 1.807) is 4.90 Å². The number of halogens is 1. The van der Waals surface area contributed by atoms with Crippen LogP contribution in [0.25, 0.3) is 0 Å². The van der Waals surface area contributed by atoms with Crippen molar-refractivity contribution >= 4 is 5.95 Å². The number of piperazine rings is 1. The van der Waals surface area contributed by atoms with Gasteiger partial charge in [-0.3, -0.25) is 9.80 Å². The molecule has 7 heteroatoms. The van der Waals surface area contributed by atoms with E-state index < -0.39 is 6.30 Å². The second-order valence-electron chi connectivity index (χ2n) is 9.97. The highest BCUT2D eigenvalue weighted by Crippen LogP contribution is 2.24. The summed E-state index contributed by atoms with van der Waals surface area (Å²) in [6.07, 6.45) is 5.11. The number of nitrogens with zero attached hydrogens (tertiary/aromatic N) is 6. The van der Waals surface area contributed by atoms with E-state index in [1.807, 2.05) is 12.4 Å². The summed E-state index contributed by atoms with van der Waals surface area (Å²) in [5, 5.41) is 0. The maximum absolute atomic E-state index is 14.9. The summed E-state index contributed by atoms with van der Waals surface area (Å²) in [6.45, 7) is 16.5. The molecule has 0 aromatic carbocycles. The number of hydrogen-bond acceptors (Lipinski definition) is 6. The van der Waals surface area contributed by atoms with Crippen molar-refractivity contribution in [3.05, 3.63) is 18.0 Å². The van der Waals surface area contributed by atoms with Crippen molar-refractivity contribution in [1.29, 1.82) is 0 Å². The molecule has 6 nitrogen and oxygen atoms in total. The third-order valence-electron chi connectivity index (χ3n) is 6.55. The highest BCUT2D eigenvalue weighted by Gasteiger charge is 2.34. The summed E-state index contributed by atoms with van der Waals surface area (Å²) in [4.78, 5) is 18.0. The Bertz CT molecular complexity index is 632. The fourth-order valence-corrected chi connectivity index (χ4v) is 4.84. The van der Waals surface area contributed by atoms with E-state index in [0.717, 1.165) is 24.6 Å². The Morgan fingerprint density at radius 2 is 1.73 bits per heavy atom.